The highest BCUT2D eigenvalue weighted by Gasteiger charge is 2.62. The number of rotatable bonds is 7. The Morgan fingerprint density at radius 1 is 1.21 bits per heavy atom. The van der Waals surface area contributed by atoms with Gasteiger partial charge in [0.25, 0.3) is 5.91 Å². The third-order valence-electron chi connectivity index (χ3n) is 4.97. The summed E-state index contributed by atoms with van der Waals surface area (Å²) in [5, 5.41) is 5.59. The quantitative estimate of drug-likeness (QED) is 0.651. The minimum Gasteiger partial charge on any atom is -0.378 e. The lowest BCUT2D eigenvalue weighted by molar-refractivity contribution is -0.170. The Bertz CT molecular complexity index is 588. The van der Waals surface area contributed by atoms with Crippen LogP contribution in [0.5, 0.6) is 0 Å². The summed E-state index contributed by atoms with van der Waals surface area (Å²) in [6.45, 7) is 7.14. The minimum absolute atomic E-state index is 0.00367. The lowest BCUT2D eigenvalue weighted by atomic mass is 9.54. The first-order valence-electron chi connectivity index (χ1n) is 8.35. The van der Waals surface area contributed by atoms with Gasteiger partial charge in [0.1, 0.15) is 5.54 Å². The molecule has 0 aromatic heterocycles. The molecule has 2 unspecified atom stereocenters. The van der Waals surface area contributed by atoms with Gasteiger partial charge in [0.2, 0.25) is 5.91 Å². The Morgan fingerprint density at radius 3 is 2.42 bits per heavy atom. The summed E-state index contributed by atoms with van der Waals surface area (Å²) in [5.41, 5.74) is 5.54. The molecule has 4 N–H and O–H groups in total. The molecule has 2 rings (SSSR count). The van der Waals surface area contributed by atoms with E-state index in [1.54, 1.807) is 12.1 Å². The SMILES string of the molecule is CCOC1CC(N)(C(=O)NCCNC(=O)c2ccccc2)C1(C)C. The summed E-state index contributed by atoms with van der Waals surface area (Å²) in [6, 6.07) is 8.96. The zero-order valence-electron chi connectivity index (χ0n) is 14.6. The van der Waals surface area contributed by atoms with Gasteiger partial charge in [0.05, 0.1) is 6.10 Å². The molecule has 24 heavy (non-hydrogen) atoms. The number of amides is 2. The van der Waals surface area contributed by atoms with Crippen LogP contribution in [-0.4, -0.2) is 43.2 Å². The largest absolute Gasteiger partial charge is 0.378 e. The van der Waals surface area contributed by atoms with Crippen LogP contribution in [0.3, 0.4) is 0 Å². The van der Waals surface area contributed by atoms with Gasteiger partial charge in [-0.05, 0) is 19.1 Å². The van der Waals surface area contributed by atoms with Crippen LogP contribution in [0.1, 0.15) is 37.6 Å². The van der Waals surface area contributed by atoms with E-state index in [1.807, 2.05) is 39.0 Å². The Hall–Kier alpha value is -1.92. The number of nitrogens with one attached hydrogen (secondary N) is 2. The molecule has 0 bridgehead atoms. The first-order valence-corrected chi connectivity index (χ1v) is 8.35. The van der Waals surface area contributed by atoms with E-state index in [0.717, 1.165) is 0 Å². The van der Waals surface area contributed by atoms with Gasteiger partial charge in [-0.2, -0.15) is 0 Å². The molecule has 6 nitrogen and oxygen atoms in total. The Balaban J connectivity index is 1.77. The fraction of sp³-hybridized carbons (Fsp3) is 0.556. The smallest absolute Gasteiger partial charge is 0.251 e. The van der Waals surface area contributed by atoms with Gasteiger partial charge in [0, 0.05) is 37.1 Å². The summed E-state index contributed by atoms with van der Waals surface area (Å²) in [7, 11) is 0. The molecule has 0 spiro atoms. The van der Waals surface area contributed by atoms with Crippen LogP contribution in [0, 0.1) is 5.41 Å². The maximum Gasteiger partial charge on any atom is 0.251 e. The Labute approximate surface area is 143 Å². The molecule has 1 aliphatic rings. The number of carbonyl (C=O) groups excluding carboxylic acids is 2. The van der Waals surface area contributed by atoms with Crippen molar-refractivity contribution in [1.82, 2.24) is 10.6 Å². The third-order valence-corrected chi connectivity index (χ3v) is 4.97. The molecule has 1 aromatic carbocycles. The van der Waals surface area contributed by atoms with Crippen molar-refractivity contribution in [3.05, 3.63) is 35.9 Å². The minimum atomic E-state index is -0.934. The van der Waals surface area contributed by atoms with E-state index in [9.17, 15) is 9.59 Å². The van der Waals surface area contributed by atoms with Crippen molar-refractivity contribution in [1.29, 1.82) is 0 Å². The average molecular weight is 333 g/mol. The molecule has 132 valence electrons. The zero-order valence-corrected chi connectivity index (χ0v) is 14.6. The fourth-order valence-corrected chi connectivity index (χ4v) is 3.02. The van der Waals surface area contributed by atoms with E-state index in [-0.39, 0.29) is 17.9 Å². The van der Waals surface area contributed by atoms with Gasteiger partial charge >= 0.3 is 0 Å². The number of carbonyl (C=O) groups is 2. The van der Waals surface area contributed by atoms with Crippen molar-refractivity contribution in [2.45, 2.75) is 38.8 Å². The Kier molecular flexibility index (Phi) is 5.62. The maximum atomic E-state index is 12.4. The molecule has 1 saturated carbocycles. The first-order chi connectivity index (χ1) is 11.3. The number of hydrogen-bond donors (Lipinski definition) is 3. The maximum absolute atomic E-state index is 12.4. The molecule has 2 atom stereocenters. The number of hydrogen-bond acceptors (Lipinski definition) is 4. The topological polar surface area (TPSA) is 93.4 Å². The Morgan fingerprint density at radius 2 is 1.83 bits per heavy atom. The molecule has 1 aliphatic carbocycles. The van der Waals surface area contributed by atoms with Crippen LogP contribution in [0.4, 0.5) is 0 Å². The van der Waals surface area contributed by atoms with E-state index < -0.39 is 11.0 Å². The number of benzene rings is 1. The molecule has 1 fully saturated rings. The lowest BCUT2D eigenvalue weighted by Gasteiger charge is -2.57. The van der Waals surface area contributed by atoms with Crippen LogP contribution in [0.15, 0.2) is 30.3 Å². The molecule has 0 aliphatic heterocycles. The second-order valence-corrected chi connectivity index (χ2v) is 6.72. The standard InChI is InChI=1S/C18H27N3O3/c1-4-24-14-12-18(19,17(14,2)3)16(23)21-11-10-20-15(22)13-8-6-5-7-9-13/h5-9,14H,4,10-12,19H2,1-3H3,(H,20,22)(H,21,23). The van der Waals surface area contributed by atoms with Gasteiger partial charge in [-0.15, -0.1) is 0 Å². The van der Waals surface area contributed by atoms with Crippen molar-refractivity contribution in [2.24, 2.45) is 11.1 Å². The average Bonchev–Trinajstić information content (AvgIpc) is 2.58. The van der Waals surface area contributed by atoms with Crippen molar-refractivity contribution < 1.29 is 14.3 Å². The van der Waals surface area contributed by atoms with E-state index >= 15 is 0 Å². The van der Waals surface area contributed by atoms with Crippen molar-refractivity contribution in [3.8, 4) is 0 Å². The van der Waals surface area contributed by atoms with Gasteiger partial charge in [-0.1, -0.05) is 32.0 Å². The normalized spacial score (nSPS) is 24.8. The van der Waals surface area contributed by atoms with E-state index in [2.05, 4.69) is 10.6 Å². The van der Waals surface area contributed by atoms with Gasteiger partial charge in [0.15, 0.2) is 0 Å². The lowest BCUT2D eigenvalue weighted by Crippen LogP contribution is -2.75. The predicted molar refractivity (Wildman–Crippen MR) is 92.5 cm³/mol. The molecular formula is C18H27N3O3. The summed E-state index contributed by atoms with van der Waals surface area (Å²) < 4.78 is 5.63. The van der Waals surface area contributed by atoms with Crippen molar-refractivity contribution in [2.75, 3.05) is 19.7 Å². The molecule has 6 heteroatoms. The predicted octanol–water partition coefficient (Wildman–Crippen LogP) is 1.07. The van der Waals surface area contributed by atoms with E-state index in [0.29, 0.717) is 31.7 Å². The van der Waals surface area contributed by atoms with Gasteiger partial charge in [-0.25, -0.2) is 0 Å². The highest BCUT2D eigenvalue weighted by Crippen LogP contribution is 2.49. The van der Waals surface area contributed by atoms with Crippen molar-refractivity contribution in [3.63, 3.8) is 0 Å². The van der Waals surface area contributed by atoms with E-state index in [4.69, 9.17) is 10.5 Å². The van der Waals surface area contributed by atoms with Crippen LogP contribution in [0.25, 0.3) is 0 Å². The highest BCUT2D eigenvalue weighted by molar-refractivity contribution is 5.94. The molecule has 0 heterocycles. The summed E-state index contributed by atoms with van der Waals surface area (Å²) >= 11 is 0. The summed E-state index contributed by atoms with van der Waals surface area (Å²) in [6.07, 6.45) is 0.506. The zero-order chi connectivity index (χ0) is 17.8. The highest BCUT2D eigenvalue weighted by atomic mass is 16.5. The second kappa shape index (κ2) is 7.32. The summed E-state index contributed by atoms with van der Waals surface area (Å²) in [4.78, 5) is 24.3. The monoisotopic (exact) mass is 333 g/mol. The first kappa shape index (κ1) is 18.4. The fourth-order valence-electron chi connectivity index (χ4n) is 3.02. The van der Waals surface area contributed by atoms with Crippen LogP contribution in [0.2, 0.25) is 0 Å². The van der Waals surface area contributed by atoms with Crippen molar-refractivity contribution >= 4 is 11.8 Å². The summed E-state index contributed by atoms with van der Waals surface area (Å²) in [5.74, 6) is -0.356. The molecule has 0 radical (unpaired) electrons. The van der Waals surface area contributed by atoms with E-state index in [1.165, 1.54) is 0 Å². The number of nitrogens with two attached hydrogens (primary N) is 1. The molecule has 1 aromatic rings. The van der Waals surface area contributed by atoms with Crippen LogP contribution in [-0.2, 0) is 9.53 Å². The third kappa shape index (κ3) is 3.44. The van der Waals surface area contributed by atoms with Crippen LogP contribution < -0.4 is 16.4 Å². The van der Waals surface area contributed by atoms with Crippen LogP contribution >= 0.6 is 0 Å². The van der Waals surface area contributed by atoms with Gasteiger partial charge in [-0.3, -0.25) is 9.59 Å². The molecule has 2 amide bonds. The van der Waals surface area contributed by atoms with Gasteiger partial charge < -0.3 is 21.1 Å². The molecule has 0 saturated heterocycles. The molecular weight excluding hydrogens is 306 g/mol. The number of ether oxygens (including phenoxy) is 1. The second-order valence-electron chi connectivity index (χ2n) is 6.72.